The summed E-state index contributed by atoms with van der Waals surface area (Å²) in [4.78, 5) is 0. The van der Waals surface area contributed by atoms with Gasteiger partial charge in [0.1, 0.15) is 0 Å². The highest BCUT2D eigenvalue weighted by molar-refractivity contribution is 5.27. The van der Waals surface area contributed by atoms with E-state index in [1.165, 1.54) is 23.3 Å². The second-order valence-electron chi connectivity index (χ2n) is 5.91. The van der Waals surface area contributed by atoms with E-state index in [2.05, 4.69) is 36.5 Å². The van der Waals surface area contributed by atoms with Crippen LogP contribution in [0.1, 0.15) is 35.4 Å². The van der Waals surface area contributed by atoms with Crippen LogP contribution in [0.15, 0.2) is 42.5 Å². The Morgan fingerprint density at radius 2 is 1.71 bits per heavy atom. The van der Waals surface area contributed by atoms with Crippen molar-refractivity contribution in [2.45, 2.75) is 38.3 Å². The average molecular weight is 287 g/mol. The van der Waals surface area contributed by atoms with Gasteiger partial charge in [-0.1, -0.05) is 35.9 Å². The highest BCUT2D eigenvalue weighted by Crippen LogP contribution is 2.37. The molecule has 2 aromatic carbocycles. The zero-order valence-electron chi connectivity index (χ0n) is 12.1. The third-order valence-corrected chi connectivity index (χ3v) is 4.27. The molecular weight excluding hydrogens is 268 g/mol. The molecule has 1 aliphatic carbocycles. The van der Waals surface area contributed by atoms with Gasteiger partial charge in [-0.2, -0.15) is 0 Å². The largest absolute Gasteiger partial charge is 0.310 e. The predicted molar refractivity (Wildman–Crippen MR) is 80.1 cm³/mol. The molecule has 0 radical (unpaired) electrons. The van der Waals surface area contributed by atoms with Gasteiger partial charge in [-0.15, -0.1) is 0 Å². The number of halogens is 2. The molecule has 3 heteroatoms. The van der Waals surface area contributed by atoms with Crippen molar-refractivity contribution in [1.29, 1.82) is 0 Å². The molecule has 3 rings (SSSR count). The average Bonchev–Trinajstić information content (AvgIpc) is 2.43. The number of nitrogens with one attached hydrogen (secondary N) is 1. The van der Waals surface area contributed by atoms with Crippen LogP contribution in [-0.4, -0.2) is 6.04 Å². The van der Waals surface area contributed by atoms with Crippen LogP contribution in [0, 0.1) is 18.6 Å². The summed E-state index contributed by atoms with van der Waals surface area (Å²) < 4.78 is 26.0. The van der Waals surface area contributed by atoms with Crippen LogP contribution in [-0.2, 0) is 6.54 Å². The van der Waals surface area contributed by atoms with E-state index in [1.807, 2.05) is 0 Å². The topological polar surface area (TPSA) is 12.0 Å². The molecule has 110 valence electrons. The van der Waals surface area contributed by atoms with Crippen LogP contribution >= 0.6 is 0 Å². The van der Waals surface area contributed by atoms with Crippen molar-refractivity contribution in [2.75, 3.05) is 0 Å². The lowest BCUT2D eigenvalue weighted by Crippen LogP contribution is -2.39. The molecule has 0 unspecified atom stereocenters. The molecule has 1 fully saturated rings. The third-order valence-electron chi connectivity index (χ3n) is 4.27. The fourth-order valence-electron chi connectivity index (χ4n) is 2.81. The van der Waals surface area contributed by atoms with Gasteiger partial charge in [0.25, 0.3) is 0 Å². The summed E-state index contributed by atoms with van der Waals surface area (Å²) in [5.41, 5.74) is 3.46. The standard InChI is InChI=1S/C18H19F2N/c1-12-2-5-14(6-3-12)15-9-16(10-15)21-11-13-4-7-17(19)18(20)8-13/h2-8,15-16,21H,9-11H2,1H3. The van der Waals surface area contributed by atoms with Crippen molar-refractivity contribution in [3.8, 4) is 0 Å². The number of rotatable bonds is 4. The summed E-state index contributed by atoms with van der Waals surface area (Å²) in [6, 6.07) is 13.2. The summed E-state index contributed by atoms with van der Waals surface area (Å²) >= 11 is 0. The lowest BCUT2D eigenvalue weighted by Gasteiger charge is -2.36. The smallest absolute Gasteiger partial charge is 0.159 e. The summed E-state index contributed by atoms with van der Waals surface area (Å²) in [5.74, 6) is -0.949. The minimum absolute atomic E-state index is 0.462. The molecule has 21 heavy (non-hydrogen) atoms. The quantitative estimate of drug-likeness (QED) is 0.883. The maximum Gasteiger partial charge on any atom is 0.159 e. The summed E-state index contributed by atoms with van der Waals surface area (Å²) in [6.07, 6.45) is 2.21. The van der Waals surface area contributed by atoms with Gasteiger partial charge in [-0.05, 0) is 48.9 Å². The first kappa shape index (κ1) is 14.2. The Morgan fingerprint density at radius 3 is 2.38 bits per heavy atom. The Labute approximate surface area is 124 Å². The van der Waals surface area contributed by atoms with E-state index < -0.39 is 11.6 Å². The van der Waals surface area contributed by atoms with Crippen molar-refractivity contribution in [3.05, 3.63) is 70.8 Å². The molecule has 0 bridgehead atoms. The molecule has 0 saturated heterocycles. The number of hydrogen-bond donors (Lipinski definition) is 1. The second kappa shape index (κ2) is 5.94. The number of hydrogen-bond acceptors (Lipinski definition) is 1. The van der Waals surface area contributed by atoms with E-state index in [-0.39, 0.29) is 0 Å². The Kier molecular flexibility index (Phi) is 4.02. The molecule has 0 atom stereocenters. The van der Waals surface area contributed by atoms with Crippen LogP contribution in [0.2, 0.25) is 0 Å². The molecule has 0 spiro atoms. The lowest BCUT2D eigenvalue weighted by molar-refractivity contribution is 0.289. The first-order valence-corrected chi connectivity index (χ1v) is 7.35. The molecule has 1 N–H and O–H groups in total. The van der Waals surface area contributed by atoms with Crippen LogP contribution in [0.3, 0.4) is 0 Å². The molecule has 0 amide bonds. The van der Waals surface area contributed by atoms with Crippen LogP contribution in [0.25, 0.3) is 0 Å². The molecule has 0 aliphatic heterocycles. The third kappa shape index (κ3) is 3.30. The van der Waals surface area contributed by atoms with Crippen LogP contribution in [0.5, 0.6) is 0 Å². The summed E-state index contributed by atoms with van der Waals surface area (Å²) in [6.45, 7) is 2.68. The van der Waals surface area contributed by atoms with Crippen LogP contribution < -0.4 is 5.32 Å². The molecule has 1 nitrogen and oxygen atoms in total. The van der Waals surface area contributed by atoms with E-state index in [9.17, 15) is 8.78 Å². The Morgan fingerprint density at radius 1 is 1.00 bits per heavy atom. The minimum atomic E-state index is -0.790. The zero-order valence-corrected chi connectivity index (χ0v) is 12.1. The zero-order chi connectivity index (χ0) is 14.8. The van der Waals surface area contributed by atoms with Crippen LogP contribution in [0.4, 0.5) is 8.78 Å². The number of aryl methyl sites for hydroxylation is 1. The van der Waals surface area contributed by atoms with Gasteiger partial charge in [-0.25, -0.2) is 8.78 Å². The second-order valence-corrected chi connectivity index (χ2v) is 5.91. The highest BCUT2D eigenvalue weighted by atomic mass is 19.2. The Balaban J connectivity index is 1.48. The summed E-state index contributed by atoms with van der Waals surface area (Å²) in [7, 11) is 0. The van der Waals surface area contributed by atoms with Gasteiger partial charge in [0.2, 0.25) is 0 Å². The summed E-state index contributed by atoms with van der Waals surface area (Å²) in [5, 5.41) is 3.40. The highest BCUT2D eigenvalue weighted by Gasteiger charge is 2.29. The van der Waals surface area contributed by atoms with E-state index >= 15 is 0 Å². The maximum atomic E-state index is 13.1. The fraction of sp³-hybridized carbons (Fsp3) is 0.333. The molecule has 1 saturated carbocycles. The van der Waals surface area contributed by atoms with Crippen molar-refractivity contribution in [3.63, 3.8) is 0 Å². The van der Waals surface area contributed by atoms with E-state index in [0.717, 1.165) is 18.4 Å². The van der Waals surface area contributed by atoms with E-state index in [1.54, 1.807) is 6.07 Å². The van der Waals surface area contributed by atoms with Gasteiger partial charge >= 0.3 is 0 Å². The van der Waals surface area contributed by atoms with Gasteiger partial charge in [0, 0.05) is 12.6 Å². The van der Waals surface area contributed by atoms with Gasteiger partial charge in [-0.3, -0.25) is 0 Å². The van der Waals surface area contributed by atoms with Gasteiger partial charge < -0.3 is 5.32 Å². The van der Waals surface area contributed by atoms with Crippen molar-refractivity contribution in [1.82, 2.24) is 5.32 Å². The Bertz CT molecular complexity index is 616. The molecule has 1 aliphatic rings. The molecular formula is C18H19F2N. The van der Waals surface area contributed by atoms with Crippen molar-refractivity contribution in [2.24, 2.45) is 0 Å². The maximum absolute atomic E-state index is 13.1. The predicted octanol–water partition coefficient (Wildman–Crippen LogP) is 4.31. The fourth-order valence-corrected chi connectivity index (χ4v) is 2.81. The lowest BCUT2D eigenvalue weighted by atomic mass is 9.75. The molecule has 0 aromatic heterocycles. The Hall–Kier alpha value is -1.74. The molecule has 0 heterocycles. The van der Waals surface area contributed by atoms with E-state index in [4.69, 9.17) is 0 Å². The number of benzene rings is 2. The monoisotopic (exact) mass is 287 g/mol. The SMILES string of the molecule is Cc1ccc(C2CC(NCc3ccc(F)c(F)c3)C2)cc1. The van der Waals surface area contributed by atoms with Gasteiger partial charge in [0.15, 0.2) is 11.6 Å². The normalized spacial score (nSPS) is 21.1. The van der Waals surface area contributed by atoms with Crippen molar-refractivity contribution < 1.29 is 8.78 Å². The van der Waals surface area contributed by atoms with E-state index in [0.29, 0.717) is 18.5 Å². The minimum Gasteiger partial charge on any atom is -0.310 e. The first-order chi connectivity index (χ1) is 10.1. The van der Waals surface area contributed by atoms with Crippen molar-refractivity contribution >= 4 is 0 Å². The molecule has 2 aromatic rings. The van der Waals surface area contributed by atoms with Gasteiger partial charge in [0.05, 0.1) is 0 Å². The first-order valence-electron chi connectivity index (χ1n) is 7.35.